The zero-order valence-electron chi connectivity index (χ0n) is 13.1. The van der Waals surface area contributed by atoms with Gasteiger partial charge in [0.2, 0.25) is 0 Å². The van der Waals surface area contributed by atoms with E-state index in [0.29, 0.717) is 23.8 Å². The molecule has 120 valence electrons. The van der Waals surface area contributed by atoms with Crippen LogP contribution in [0.5, 0.6) is 11.5 Å². The molecule has 2 aromatic rings. The Labute approximate surface area is 139 Å². The maximum atomic E-state index is 12.8. The predicted molar refractivity (Wildman–Crippen MR) is 90.4 cm³/mol. The van der Waals surface area contributed by atoms with Crippen LogP contribution < -0.4 is 14.4 Å². The van der Waals surface area contributed by atoms with Crippen molar-refractivity contribution >= 4 is 22.9 Å². The number of carbonyl (C=O) groups excluding carboxylic acids is 1. The van der Waals surface area contributed by atoms with Gasteiger partial charge in [-0.25, -0.2) is 0 Å². The Balaban J connectivity index is 2.29. The van der Waals surface area contributed by atoms with Crippen LogP contribution in [0.2, 0.25) is 0 Å². The van der Waals surface area contributed by atoms with Crippen LogP contribution in [0.3, 0.4) is 0 Å². The predicted octanol–water partition coefficient (Wildman–Crippen LogP) is 3.72. The molecule has 1 aromatic heterocycles. The van der Waals surface area contributed by atoms with Crippen LogP contribution in [0.25, 0.3) is 0 Å². The number of amides is 1. The van der Waals surface area contributed by atoms with Gasteiger partial charge in [0.05, 0.1) is 26.2 Å². The summed E-state index contributed by atoms with van der Waals surface area (Å²) in [5.41, 5.74) is 0.726. The van der Waals surface area contributed by atoms with Crippen LogP contribution in [0, 0.1) is 11.3 Å². The fraction of sp³-hybridized carbons (Fsp3) is 0.294. The van der Waals surface area contributed by atoms with E-state index in [1.54, 1.807) is 11.0 Å². The average Bonchev–Trinajstić information content (AvgIpc) is 3.05. The highest BCUT2D eigenvalue weighted by Crippen LogP contribution is 2.29. The van der Waals surface area contributed by atoms with Crippen LogP contribution in [-0.4, -0.2) is 26.2 Å². The summed E-state index contributed by atoms with van der Waals surface area (Å²) in [7, 11) is 1.54. The van der Waals surface area contributed by atoms with Gasteiger partial charge in [-0.15, -0.1) is 11.3 Å². The standard InChI is InChI=1S/C17H18N2O3S/c1-3-22-14-7-5-13(6-8-14)19(11-4-10-18)17(20)16-15(21-2)9-12-23-16/h5-9,12H,3-4,11H2,1-2H3. The molecule has 0 saturated heterocycles. The number of carbonyl (C=O) groups is 1. The summed E-state index contributed by atoms with van der Waals surface area (Å²) in [5.74, 6) is 1.13. The van der Waals surface area contributed by atoms with Crippen molar-refractivity contribution in [1.82, 2.24) is 0 Å². The van der Waals surface area contributed by atoms with Gasteiger partial charge in [0.25, 0.3) is 5.91 Å². The minimum atomic E-state index is -0.170. The third-order valence-electron chi connectivity index (χ3n) is 3.20. The first-order chi connectivity index (χ1) is 11.2. The molecule has 23 heavy (non-hydrogen) atoms. The molecule has 0 aliphatic carbocycles. The number of hydrogen-bond donors (Lipinski definition) is 0. The monoisotopic (exact) mass is 330 g/mol. The molecule has 0 aliphatic heterocycles. The van der Waals surface area contributed by atoms with Crippen LogP contribution in [0.4, 0.5) is 5.69 Å². The minimum absolute atomic E-state index is 0.170. The van der Waals surface area contributed by atoms with E-state index >= 15 is 0 Å². The Morgan fingerprint density at radius 3 is 2.65 bits per heavy atom. The highest BCUT2D eigenvalue weighted by molar-refractivity contribution is 7.12. The lowest BCUT2D eigenvalue weighted by atomic mass is 10.2. The smallest absolute Gasteiger partial charge is 0.272 e. The first kappa shape index (κ1) is 16.8. The van der Waals surface area contributed by atoms with E-state index in [2.05, 4.69) is 6.07 Å². The minimum Gasteiger partial charge on any atom is -0.495 e. The van der Waals surface area contributed by atoms with Crippen LogP contribution in [-0.2, 0) is 0 Å². The summed E-state index contributed by atoms with van der Waals surface area (Å²) in [5, 5.41) is 10.7. The molecule has 0 unspecified atom stereocenters. The number of rotatable bonds is 7. The number of hydrogen-bond acceptors (Lipinski definition) is 5. The van der Waals surface area contributed by atoms with Gasteiger partial charge in [0.15, 0.2) is 0 Å². The number of anilines is 1. The summed E-state index contributed by atoms with van der Waals surface area (Å²) < 4.78 is 10.6. The van der Waals surface area contributed by atoms with Gasteiger partial charge in [-0.05, 0) is 42.6 Å². The van der Waals surface area contributed by atoms with E-state index in [0.717, 1.165) is 11.4 Å². The molecule has 1 aromatic carbocycles. The van der Waals surface area contributed by atoms with Gasteiger partial charge in [0.1, 0.15) is 16.4 Å². The molecule has 0 atom stereocenters. The summed E-state index contributed by atoms with van der Waals surface area (Å²) in [6.07, 6.45) is 0.257. The fourth-order valence-corrected chi connectivity index (χ4v) is 2.94. The van der Waals surface area contributed by atoms with E-state index in [9.17, 15) is 4.79 Å². The van der Waals surface area contributed by atoms with Gasteiger partial charge in [-0.3, -0.25) is 4.79 Å². The first-order valence-electron chi connectivity index (χ1n) is 7.24. The molecule has 6 heteroatoms. The van der Waals surface area contributed by atoms with E-state index in [1.165, 1.54) is 18.4 Å². The van der Waals surface area contributed by atoms with Gasteiger partial charge in [-0.1, -0.05) is 0 Å². The van der Waals surface area contributed by atoms with Crippen molar-refractivity contribution in [3.05, 3.63) is 40.6 Å². The molecule has 0 radical (unpaired) electrons. The van der Waals surface area contributed by atoms with E-state index < -0.39 is 0 Å². The second-order valence-electron chi connectivity index (χ2n) is 4.61. The molecule has 0 N–H and O–H groups in total. The van der Waals surface area contributed by atoms with Gasteiger partial charge >= 0.3 is 0 Å². The maximum absolute atomic E-state index is 12.8. The third kappa shape index (κ3) is 4.02. The maximum Gasteiger partial charge on any atom is 0.272 e. The van der Waals surface area contributed by atoms with E-state index in [-0.39, 0.29) is 12.3 Å². The molecule has 1 heterocycles. The second kappa shape index (κ2) is 8.20. The molecule has 5 nitrogen and oxygen atoms in total. The van der Waals surface area contributed by atoms with E-state index in [4.69, 9.17) is 14.7 Å². The highest BCUT2D eigenvalue weighted by atomic mass is 32.1. The Hall–Kier alpha value is -2.52. The van der Waals surface area contributed by atoms with Gasteiger partial charge < -0.3 is 14.4 Å². The molecule has 0 saturated carbocycles. The molecule has 0 fully saturated rings. The SMILES string of the molecule is CCOc1ccc(N(CCC#N)C(=O)c2sccc2OC)cc1. The summed E-state index contributed by atoms with van der Waals surface area (Å²) in [6, 6.07) is 11.1. The van der Waals surface area contributed by atoms with Gasteiger partial charge in [0, 0.05) is 12.2 Å². The first-order valence-corrected chi connectivity index (χ1v) is 8.12. The van der Waals surface area contributed by atoms with Crippen molar-refractivity contribution in [2.75, 3.05) is 25.2 Å². The highest BCUT2D eigenvalue weighted by Gasteiger charge is 2.22. The quantitative estimate of drug-likeness (QED) is 0.776. The van der Waals surface area contributed by atoms with Crippen molar-refractivity contribution in [3.8, 4) is 17.6 Å². The fourth-order valence-electron chi connectivity index (χ4n) is 2.14. The van der Waals surface area contributed by atoms with Crippen molar-refractivity contribution in [1.29, 1.82) is 5.26 Å². The summed E-state index contributed by atoms with van der Waals surface area (Å²) in [4.78, 5) is 14.9. The molecule has 2 rings (SSSR count). The summed E-state index contributed by atoms with van der Waals surface area (Å²) >= 11 is 1.33. The lowest BCUT2D eigenvalue weighted by Gasteiger charge is -2.22. The lowest BCUT2D eigenvalue weighted by Crippen LogP contribution is -2.31. The number of thiophene rings is 1. The van der Waals surface area contributed by atoms with Crippen LogP contribution in [0.1, 0.15) is 23.0 Å². The topological polar surface area (TPSA) is 62.6 Å². The average molecular weight is 330 g/mol. The Morgan fingerprint density at radius 2 is 2.04 bits per heavy atom. The summed E-state index contributed by atoms with van der Waals surface area (Å²) in [6.45, 7) is 2.83. The Morgan fingerprint density at radius 1 is 1.30 bits per heavy atom. The molecule has 0 spiro atoms. The van der Waals surface area contributed by atoms with Crippen LogP contribution >= 0.6 is 11.3 Å². The van der Waals surface area contributed by atoms with Crippen molar-refractivity contribution in [2.45, 2.75) is 13.3 Å². The molecular formula is C17H18N2O3S. The number of nitrogens with zero attached hydrogens (tertiary/aromatic N) is 2. The Bertz CT molecular complexity index is 689. The zero-order chi connectivity index (χ0) is 16.7. The number of nitriles is 1. The molecular weight excluding hydrogens is 312 g/mol. The van der Waals surface area contributed by atoms with Crippen molar-refractivity contribution < 1.29 is 14.3 Å². The second-order valence-corrected chi connectivity index (χ2v) is 5.53. The lowest BCUT2D eigenvalue weighted by molar-refractivity contribution is 0.0988. The molecule has 0 bridgehead atoms. The number of benzene rings is 1. The Kier molecular flexibility index (Phi) is 6.01. The third-order valence-corrected chi connectivity index (χ3v) is 4.08. The molecule has 0 aliphatic rings. The molecule has 1 amide bonds. The van der Waals surface area contributed by atoms with E-state index in [1.807, 2.05) is 36.6 Å². The van der Waals surface area contributed by atoms with Crippen molar-refractivity contribution in [3.63, 3.8) is 0 Å². The largest absolute Gasteiger partial charge is 0.495 e. The zero-order valence-corrected chi connectivity index (χ0v) is 13.9. The number of methoxy groups -OCH3 is 1. The van der Waals surface area contributed by atoms with Gasteiger partial charge in [-0.2, -0.15) is 5.26 Å². The van der Waals surface area contributed by atoms with Crippen LogP contribution in [0.15, 0.2) is 35.7 Å². The normalized spacial score (nSPS) is 9.96. The van der Waals surface area contributed by atoms with Crippen molar-refractivity contribution in [2.24, 2.45) is 0 Å². The number of ether oxygens (including phenoxy) is 2.